The van der Waals surface area contributed by atoms with Gasteiger partial charge in [-0.25, -0.2) is 0 Å². The summed E-state index contributed by atoms with van der Waals surface area (Å²) < 4.78 is 4.16. The molecule has 1 N–H and O–H groups in total. The Morgan fingerprint density at radius 1 is 0.781 bits per heavy atom. The van der Waals surface area contributed by atoms with Crippen molar-refractivity contribution in [1.82, 2.24) is 14.3 Å². The van der Waals surface area contributed by atoms with E-state index < -0.39 is 6.10 Å². The average Bonchev–Trinajstić information content (AvgIpc) is 3.31. The van der Waals surface area contributed by atoms with Crippen LogP contribution in [0.15, 0.2) is 91.0 Å². The fourth-order valence-corrected chi connectivity index (χ4v) is 4.61. The summed E-state index contributed by atoms with van der Waals surface area (Å²) in [5, 5.41) is 16.8. The number of rotatable bonds is 6. The van der Waals surface area contributed by atoms with E-state index in [9.17, 15) is 5.11 Å². The molecular weight excluding hydrogens is 394 g/mol. The standard InChI is InChI=1S/C28H27N3O/c1-20-17-21(2)31(29-20)19-24(32)18-30-26-16-10-9-15-25(26)27(22-11-5-3-6-12-22)28(30)23-13-7-4-8-14-23/h3-17,24,32H,18-19H2,1-2H3/t24-/m1/s1. The van der Waals surface area contributed by atoms with E-state index in [0.29, 0.717) is 13.1 Å². The highest BCUT2D eigenvalue weighted by atomic mass is 16.3. The molecule has 0 aliphatic heterocycles. The monoisotopic (exact) mass is 421 g/mol. The molecule has 0 spiro atoms. The van der Waals surface area contributed by atoms with Crippen molar-refractivity contribution in [3.05, 3.63) is 102 Å². The lowest BCUT2D eigenvalue weighted by Gasteiger charge is -2.18. The van der Waals surface area contributed by atoms with Crippen LogP contribution < -0.4 is 0 Å². The normalized spacial score (nSPS) is 12.3. The summed E-state index contributed by atoms with van der Waals surface area (Å²) in [5.74, 6) is 0. The SMILES string of the molecule is Cc1cc(C)n(C[C@H](O)Cn2c(-c3ccccc3)c(-c3ccccc3)c3ccccc32)n1. The summed E-state index contributed by atoms with van der Waals surface area (Å²) in [6, 6.07) is 31.5. The minimum absolute atomic E-state index is 0.459. The lowest BCUT2D eigenvalue weighted by Crippen LogP contribution is -2.23. The molecule has 1 atom stereocenters. The molecule has 0 unspecified atom stereocenters. The number of hydrogen-bond acceptors (Lipinski definition) is 2. The van der Waals surface area contributed by atoms with E-state index in [1.54, 1.807) is 0 Å². The molecule has 0 saturated heterocycles. The van der Waals surface area contributed by atoms with Gasteiger partial charge in [0.1, 0.15) is 0 Å². The van der Waals surface area contributed by atoms with Crippen molar-refractivity contribution in [2.45, 2.75) is 33.0 Å². The third-order valence-electron chi connectivity index (χ3n) is 5.96. The van der Waals surface area contributed by atoms with Crippen molar-refractivity contribution in [2.24, 2.45) is 0 Å². The number of aliphatic hydroxyl groups excluding tert-OH is 1. The molecule has 4 nitrogen and oxygen atoms in total. The van der Waals surface area contributed by atoms with Gasteiger partial charge >= 0.3 is 0 Å². The van der Waals surface area contributed by atoms with Crippen molar-refractivity contribution >= 4 is 10.9 Å². The smallest absolute Gasteiger partial charge is 0.0914 e. The van der Waals surface area contributed by atoms with Crippen LogP contribution in [0, 0.1) is 13.8 Å². The topological polar surface area (TPSA) is 43.0 Å². The maximum absolute atomic E-state index is 11.1. The molecule has 5 rings (SSSR count). The van der Waals surface area contributed by atoms with E-state index >= 15 is 0 Å². The largest absolute Gasteiger partial charge is 0.389 e. The second-order valence-corrected chi connectivity index (χ2v) is 8.35. The highest BCUT2D eigenvalue weighted by Crippen LogP contribution is 2.41. The molecule has 3 aromatic carbocycles. The molecule has 0 aliphatic rings. The van der Waals surface area contributed by atoms with Gasteiger partial charge in [-0.05, 0) is 37.1 Å². The third-order valence-corrected chi connectivity index (χ3v) is 5.96. The van der Waals surface area contributed by atoms with Gasteiger partial charge in [-0.1, -0.05) is 78.9 Å². The van der Waals surface area contributed by atoms with Crippen molar-refractivity contribution in [3.8, 4) is 22.4 Å². The Hall–Kier alpha value is -3.63. The van der Waals surface area contributed by atoms with Crippen LogP contribution in [0.5, 0.6) is 0 Å². The fourth-order valence-electron chi connectivity index (χ4n) is 4.61. The average molecular weight is 422 g/mol. The van der Waals surface area contributed by atoms with Crippen molar-refractivity contribution < 1.29 is 5.11 Å². The van der Waals surface area contributed by atoms with Crippen molar-refractivity contribution in [1.29, 1.82) is 0 Å². The van der Waals surface area contributed by atoms with Gasteiger partial charge in [-0.15, -0.1) is 0 Å². The first-order chi connectivity index (χ1) is 15.6. The van der Waals surface area contributed by atoms with Gasteiger partial charge in [0.05, 0.1) is 30.6 Å². The van der Waals surface area contributed by atoms with Crippen LogP contribution in [-0.4, -0.2) is 25.6 Å². The highest BCUT2D eigenvalue weighted by molar-refractivity contribution is 6.04. The summed E-state index contributed by atoms with van der Waals surface area (Å²) in [5.41, 5.74) is 7.80. The molecule has 0 amide bonds. The Balaban J connectivity index is 1.67. The Labute approximate surface area is 188 Å². The lowest BCUT2D eigenvalue weighted by molar-refractivity contribution is 0.131. The molecule has 2 aromatic heterocycles. The van der Waals surface area contributed by atoms with Crippen molar-refractivity contribution in [3.63, 3.8) is 0 Å². The van der Waals surface area contributed by atoms with Crippen molar-refractivity contribution in [2.75, 3.05) is 0 Å². The predicted octanol–water partition coefficient (Wildman–Crippen LogP) is 5.85. The van der Waals surface area contributed by atoms with Crippen LogP contribution in [0.4, 0.5) is 0 Å². The number of aryl methyl sites for hydroxylation is 2. The molecule has 0 radical (unpaired) electrons. The number of para-hydroxylation sites is 1. The molecule has 0 saturated carbocycles. The number of benzene rings is 3. The summed E-state index contributed by atoms with van der Waals surface area (Å²) in [6.45, 7) is 4.95. The van der Waals surface area contributed by atoms with Gasteiger partial charge in [0.15, 0.2) is 0 Å². The third kappa shape index (κ3) is 3.74. The molecular formula is C28H27N3O. The van der Waals surface area contributed by atoms with E-state index in [4.69, 9.17) is 0 Å². The van der Waals surface area contributed by atoms with Crippen LogP contribution in [0.1, 0.15) is 11.4 Å². The number of aromatic nitrogens is 3. The van der Waals surface area contributed by atoms with Gasteiger partial charge in [0.25, 0.3) is 0 Å². The number of nitrogens with zero attached hydrogens (tertiary/aromatic N) is 3. The zero-order valence-corrected chi connectivity index (χ0v) is 18.4. The maximum Gasteiger partial charge on any atom is 0.0914 e. The zero-order valence-electron chi connectivity index (χ0n) is 18.4. The molecule has 0 aliphatic carbocycles. The van der Waals surface area contributed by atoms with Gasteiger partial charge in [0, 0.05) is 22.2 Å². The first-order valence-electron chi connectivity index (χ1n) is 11.0. The maximum atomic E-state index is 11.1. The molecule has 32 heavy (non-hydrogen) atoms. The van der Waals surface area contributed by atoms with E-state index in [0.717, 1.165) is 28.2 Å². The minimum Gasteiger partial charge on any atom is -0.389 e. The molecule has 0 bridgehead atoms. The van der Waals surface area contributed by atoms with E-state index in [1.807, 2.05) is 36.7 Å². The molecule has 0 fully saturated rings. The van der Waals surface area contributed by atoms with E-state index in [2.05, 4.69) is 82.5 Å². The van der Waals surface area contributed by atoms with Crippen LogP contribution in [-0.2, 0) is 13.1 Å². The predicted molar refractivity (Wildman–Crippen MR) is 131 cm³/mol. The fraction of sp³-hybridized carbons (Fsp3) is 0.179. The van der Waals surface area contributed by atoms with Gasteiger partial charge < -0.3 is 9.67 Å². The molecule has 4 heteroatoms. The van der Waals surface area contributed by atoms with Gasteiger partial charge in [-0.2, -0.15) is 5.10 Å². The Kier molecular flexibility index (Phi) is 5.38. The number of aliphatic hydroxyl groups is 1. The zero-order chi connectivity index (χ0) is 22.1. The first kappa shape index (κ1) is 20.3. The van der Waals surface area contributed by atoms with Gasteiger partial charge in [-0.3, -0.25) is 4.68 Å². The molecule has 2 heterocycles. The summed E-state index contributed by atoms with van der Waals surface area (Å²) in [6.07, 6.45) is -0.574. The van der Waals surface area contributed by atoms with Crippen LogP contribution in [0.3, 0.4) is 0 Å². The number of fused-ring (bicyclic) bond motifs is 1. The quantitative estimate of drug-likeness (QED) is 0.374. The van der Waals surface area contributed by atoms with Crippen LogP contribution in [0.2, 0.25) is 0 Å². The second kappa shape index (κ2) is 8.48. The Morgan fingerprint density at radius 3 is 2.06 bits per heavy atom. The highest BCUT2D eigenvalue weighted by Gasteiger charge is 2.21. The van der Waals surface area contributed by atoms with Crippen LogP contribution >= 0.6 is 0 Å². The lowest BCUT2D eigenvalue weighted by atomic mass is 9.98. The summed E-state index contributed by atoms with van der Waals surface area (Å²) in [7, 11) is 0. The van der Waals surface area contributed by atoms with Crippen LogP contribution in [0.25, 0.3) is 33.3 Å². The first-order valence-corrected chi connectivity index (χ1v) is 11.0. The summed E-state index contributed by atoms with van der Waals surface area (Å²) >= 11 is 0. The molecule has 160 valence electrons. The van der Waals surface area contributed by atoms with E-state index in [1.165, 1.54) is 16.5 Å². The summed E-state index contributed by atoms with van der Waals surface area (Å²) in [4.78, 5) is 0. The second-order valence-electron chi connectivity index (χ2n) is 8.35. The minimum atomic E-state index is -0.574. The van der Waals surface area contributed by atoms with Gasteiger partial charge in [0.2, 0.25) is 0 Å². The van der Waals surface area contributed by atoms with E-state index in [-0.39, 0.29) is 0 Å². The Bertz CT molecular complexity index is 1350. The Morgan fingerprint density at radius 2 is 1.41 bits per heavy atom. The number of hydrogen-bond donors (Lipinski definition) is 1. The molecule has 5 aromatic rings.